The summed E-state index contributed by atoms with van der Waals surface area (Å²) in [5, 5.41) is 0. The number of morpholine rings is 1. The molecule has 0 N–H and O–H groups in total. The molecule has 134 valence electrons. The topological polar surface area (TPSA) is 53.1 Å². The maximum atomic E-state index is 13.0. The molecular weight excluding hydrogens is 333 g/mol. The van der Waals surface area contributed by atoms with E-state index in [0.717, 1.165) is 52.5 Å². The van der Waals surface area contributed by atoms with Gasteiger partial charge < -0.3 is 4.74 Å². The summed E-state index contributed by atoms with van der Waals surface area (Å²) in [6.45, 7) is 7.88. The summed E-state index contributed by atoms with van der Waals surface area (Å²) >= 11 is 0. The third kappa shape index (κ3) is 4.31. The number of halogens is 1. The molecular formula is C16H24FN3O3S. The van der Waals surface area contributed by atoms with E-state index in [-0.39, 0.29) is 4.90 Å². The van der Waals surface area contributed by atoms with Gasteiger partial charge in [0.2, 0.25) is 10.0 Å². The van der Waals surface area contributed by atoms with Crippen LogP contribution in [0.3, 0.4) is 0 Å². The minimum Gasteiger partial charge on any atom is -0.379 e. The van der Waals surface area contributed by atoms with Crippen molar-refractivity contribution < 1.29 is 17.5 Å². The number of sulfonamides is 1. The Bertz CT molecular complexity index is 624. The molecule has 6 nitrogen and oxygen atoms in total. The summed E-state index contributed by atoms with van der Waals surface area (Å²) in [5.41, 5.74) is 0. The predicted molar refractivity (Wildman–Crippen MR) is 88.9 cm³/mol. The van der Waals surface area contributed by atoms with Crippen molar-refractivity contribution in [3.63, 3.8) is 0 Å². The van der Waals surface area contributed by atoms with Gasteiger partial charge in [-0.15, -0.1) is 0 Å². The van der Waals surface area contributed by atoms with E-state index < -0.39 is 15.8 Å². The number of ether oxygens (including phenoxy) is 1. The lowest BCUT2D eigenvalue weighted by molar-refractivity contribution is 0.0317. The molecule has 2 aliphatic rings. The molecule has 8 heteroatoms. The van der Waals surface area contributed by atoms with Gasteiger partial charge in [-0.3, -0.25) is 9.80 Å². The third-order valence-electron chi connectivity index (χ3n) is 4.62. The normalized spacial score (nSPS) is 21.9. The van der Waals surface area contributed by atoms with Crippen LogP contribution in [0.15, 0.2) is 29.2 Å². The quantitative estimate of drug-likeness (QED) is 0.767. The number of piperazine rings is 1. The maximum Gasteiger partial charge on any atom is 0.243 e. The molecule has 0 saturated carbocycles. The molecule has 0 spiro atoms. The van der Waals surface area contributed by atoms with Crippen LogP contribution in [-0.2, 0) is 14.8 Å². The van der Waals surface area contributed by atoms with Crippen LogP contribution in [0.2, 0.25) is 0 Å². The monoisotopic (exact) mass is 357 g/mol. The summed E-state index contributed by atoms with van der Waals surface area (Å²) in [6, 6.07) is 5.03. The number of rotatable bonds is 5. The summed E-state index contributed by atoms with van der Waals surface area (Å²) in [4.78, 5) is 4.84. The second-order valence-electron chi connectivity index (χ2n) is 6.15. The second kappa shape index (κ2) is 7.88. The van der Waals surface area contributed by atoms with Gasteiger partial charge in [-0.2, -0.15) is 4.31 Å². The highest BCUT2D eigenvalue weighted by Gasteiger charge is 2.28. The third-order valence-corrected chi connectivity index (χ3v) is 6.53. The van der Waals surface area contributed by atoms with Crippen molar-refractivity contribution in [2.75, 3.05) is 65.6 Å². The van der Waals surface area contributed by atoms with Gasteiger partial charge in [-0.05, 0) is 24.3 Å². The van der Waals surface area contributed by atoms with Gasteiger partial charge in [0.25, 0.3) is 0 Å². The minimum atomic E-state index is -3.52. The lowest BCUT2D eigenvalue weighted by Crippen LogP contribution is -2.50. The number of nitrogens with zero attached hydrogens (tertiary/aromatic N) is 3. The molecule has 0 unspecified atom stereocenters. The zero-order valence-electron chi connectivity index (χ0n) is 13.7. The fraction of sp³-hybridized carbons (Fsp3) is 0.625. The predicted octanol–water partition coefficient (Wildman–Crippen LogP) is 0.464. The van der Waals surface area contributed by atoms with Crippen molar-refractivity contribution in [2.24, 2.45) is 0 Å². The molecule has 2 heterocycles. The van der Waals surface area contributed by atoms with E-state index in [4.69, 9.17) is 4.74 Å². The van der Waals surface area contributed by atoms with Gasteiger partial charge in [-0.25, -0.2) is 12.8 Å². The smallest absolute Gasteiger partial charge is 0.243 e. The summed E-state index contributed by atoms with van der Waals surface area (Å²) in [5.74, 6) is -0.429. The minimum absolute atomic E-state index is 0.158. The van der Waals surface area contributed by atoms with Crippen molar-refractivity contribution in [3.8, 4) is 0 Å². The summed E-state index contributed by atoms with van der Waals surface area (Å²) in [6.07, 6.45) is 0. The van der Waals surface area contributed by atoms with Gasteiger partial charge >= 0.3 is 0 Å². The average Bonchev–Trinajstić information content (AvgIpc) is 2.61. The van der Waals surface area contributed by atoms with Crippen LogP contribution in [0.4, 0.5) is 4.39 Å². The molecule has 0 aromatic heterocycles. The lowest BCUT2D eigenvalue weighted by Gasteiger charge is -2.35. The Balaban J connectivity index is 1.49. The highest BCUT2D eigenvalue weighted by Crippen LogP contribution is 2.18. The number of hydrogen-bond acceptors (Lipinski definition) is 5. The molecule has 0 radical (unpaired) electrons. The molecule has 0 bridgehead atoms. The fourth-order valence-electron chi connectivity index (χ4n) is 3.06. The van der Waals surface area contributed by atoms with Gasteiger partial charge in [0, 0.05) is 52.4 Å². The Morgan fingerprint density at radius 2 is 1.42 bits per heavy atom. The van der Waals surface area contributed by atoms with Crippen LogP contribution >= 0.6 is 0 Å². The Hall–Kier alpha value is -1.06. The first-order valence-corrected chi connectivity index (χ1v) is 9.78. The summed E-state index contributed by atoms with van der Waals surface area (Å²) in [7, 11) is -3.52. The highest BCUT2D eigenvalue weighted by molar-refractivity contribution is 7.89. The lowest BCUT2D eigenvalue weighted by atomic mass is 10.3. The van der Waals surface area contributed by atoms with Crippen molar-refractivity contribution in [2.45, 2.75) is 4.90 Å². The van der Waals surface area contributed by atoms with Crippen molar-refractivity contribution in [3.05, 3.63) is 30.1 Å². The first-order chi connectivity index (χ1) is 11.6. The van der Waals surface area contributed by atoms with Gasteiger partial charge in [0.15, 0.2) is 0 Å². The molecule has 0 aliphatic carbocycles. The van der Waals surface area contributed by atoms with Crippen molar-refractivity contribution >= 4 is 10.0 Å². The summed E-state index contributed by atoms with van der Waals surface area (Å²) < 4.78 is 45.0. The van der Waals surface area contributed by atoms with E-state index in [2.05, 4.69) is 9.80 Å². The van der Waals surface area contributed by atoms with Gasteiger partial charge in [0.05, 0.1) is 18.1 Å². The molecule has 1 aromatic carbocycles. The Kier molecular flexibility index (Phi) is 5.83. The Morgan fingerprint density at radius 1 is 0.875 bits per heavy atom. The van der Waals surface area contributed by atoms with E-state index in [1.807, 2.05) is 0 Å². The highest BCUT2D eigenvalue weighted by atomic mass is 32.2. The molecule has 2 saturated heterocycles. The van der Waals surface area contributed by atoms with Crippen LogP contribution in [-0.4, -0.2) is 88.1 Å². The molecule has 2 fully saturated rings. The van der Waals surface area contributed by atoms with Crippen molar-refractivity contribution in [1.82, 2.24) is 14.1 Å². The standard InChI is InChI=1S/C16H24FN3O3S/c17-15-1-3-16(4-2-15)24(21,22)20-9-7-18(8-10-20)5-6-19-11-13-23-14-12-19/h1-4H,5-14H2. The largest absolute Gasteiger partial charge is 0.379 e. The SMILES string of the molecule is O=S(=O)(c1ccc(F)cc1)N1CCN(CCN2CCOCC2)CC1. The van der Waals surface area contributed by atoms with E-state index in [1.54, 1.807) is 0 Å². The zero-order chi connectivity index (χ0) is 17.0. The Morgan fingerprint density at radius 3 is 2.00 bits per heavy atom. The molecule has 3 rings (SSSR count). The average molecular weight is 357 g/mol. The fourth-order valence-corrected chi connectivity index (χ4v) is 4.48. The van der Waals surface area contributed by atoms with Crippen molar-refractivity contribution in [1.29, 1.82) is 0 Å². The maximum absolute atomic E-state index is 13.0. The number of benzene rings is 1. The van der Waals surface area contributed by atoms with Crippen LogP contribution in [0.25, 0.3) is 0 Å². The number of hydrogen-bond donors (Lipinski definition) is 0. The first kappa shape index (κ1) is 17.8. The molecule has 0 atom stereocenters. The van der Waals surface area contributed by atoms with Crippen LogP contribution in [0.5, 0.6) is 0 Å². The van der Waals surface area contributed by atoms with Gasteiger partial charge in [0.1, 0.15) is 5.82 Å². The van der Waals surface area contributed by atoms with E-state index in [0.29, 0.717) is 13.1 Å². The van der Waals surface area contributed by atoms with E-state index >= 15 is 0 Å². The Labute approximate surface area is 142 Å². The molecule has 1 aromatic rings. The van der Waals surface area contributed by atoms with Gasteiger partial charge in [-0.1, -0.05) is 0 Å². The first-order valence-electron chi connectivity index (χ1n) is 8.34. The van der Waals surface area contributed by atoms with E-state index in [9.17, 15) is 12.8 Å². The van der Waals surface area contributed by atoms with E-state index in [1.165, 1.54) is 28.6 Å². The van der Waals surface area contributed by atoms with Crippen LogP contribution in [0, 0.1) is 5.82 Å². The van der Waals surface area contributed by atoms with Crippen LogP contribution < -0.4 is 0 Å². The molecule has 0 amide bonds. The molecule has 24 heavy (non-hydrogen) atoms. The van der Waals surface area contributed by atoms with Crippen LogP contribution in [0.1, 0.15) is 0 Å². The zero-order valence-corrected chi connectivity index (χ0v) is 14.5. The molecule has 2 aliphatic heterocycles. The second-order valence-corrected chi connectivity index (χ2v) is 8.09.